The second-order valence-electron chi connectivity index (χ2n) is 7.71. The minimum absolute atomic E-state index is 0.0613. The van der Waals surface area contributed by atoms with E-state index in [4.69, 9.17) is 0 Å². The summed E-state index contributed by atoms with van der Waals surface area (Å²) in [6.45, 7) is 4.07. The number of imide groups is 2. The molecule has 6 nitrogen and oxygen atoms in total. The maximum atomic E-state index is 13.0. The molecule has 3 aliphatic rings. The Morgan fingerprint density at radius 1 is 1.00 bits per heavy atom. The van der Waals surface area contributed by atoms with Crippen molar-refractivity contribution in [1.29, 1.82) is 0 Å². The van der Waals surface area contributed by atoms with Crippen molar-refractivity contribution in [2.45, 2.75) is 70.9 Å². The number of nitrogens with zero attached hydrogens (tertiary/aromatic N) is 2. The molecule has 1 N–H and O–H groups in total. The minimum atomic E-state index is -0.594. The van der Waals surface area contributed by atoms with E-state index in [1.165, 1.54) is 17.7 Å². The molecule has 4 rings (SSSR count). The number of amides is 4. The van der Waals surface area contributed by atoms with Crippen LogP contribution in [0.3, 0.4) is 0 Å². The van der Waals surface area contributed by atoms with Gasteiger partial charge in [-0.2, -0.15) is 0 Å². The molecule has 0 atom stereocenters. The van der Waals surface area contributed by atoms with Crippen LogP contribution in [0.15, 0.2) is 11.6 Å². The number of nitrogens with one attached hydrogen (secondary N) is 1. The Hall–Kier alpha value is -2.37. The predicted molar refractivity (Wildman–Crippen MR) is 97.4 cm³/mol. The van der Waals surface area contributed by atoms with E-state index >= 15 is 0 Å². The van der Waals surface area contributed by atoms with Crippen molar-refractivity contribution < 1.29 is 14.4 Å². The van der Waals surface area contributed by atoms with Crippen LogP contribution >= 0.6 is 0 Å². The molecule has 3 fully saturated rings. The summed E-state index contributed by atoms with van der Waals surface area (Å²) in [4.78, 5) is 38.9. The first-order valence-corrected chi connectivity index (χ1v) is 9.56. The summed E-state index contributed by atoms with van der Waals surface area (Å²) in [7, 11) is 0. The number of hydrogen-bond acceptors (Lipinski definition) is 3. The smallest absolute Gasteiger partial charge is 0.331 e. The Balaban J connectivity index is 1.67. The van der Waals surface area contributed by atoms with E-state index in [0.717, 1.165) is 49.1 Å². The largest absolute Gasteiger partial charge is 0.346 e. The third-order valence-electron chi connectivity index (χ3n) is 5.81. The average Bonchev–Trinajstić information content (AvgIpc) is 3.39. The lowest BCUT2D eigenvalue weighted by Gasteiger charge is -2.35. The van der Waals surface area contributed by atoms with Crippen LogP contribution in [0.1, 0.15) is 67.9 Å². The van der Waals surface area contributed by atoms with Crippen LogP contribution < -0.4 is 5.32 Å². The van der Waals surface area contributed by atoms with E-state index in [2.05, 4.69) is 9.88 Å². The van der Waals surface area contributed by atoms with E-state index in [-0.39, 0.29) is 11.6 Å². The first kappa shape index (κ1) is 17.1. The number of hydrogen-bond donors (Lipinski definition) is 1. The van der Waals surface area contributed by atoms with Crippen LogP contribution in [0.5, 0.6) is 0 Å². The summed E-state index contributed by atoms with van der Waals surface area (Å²) in [6.07, 6.45) is 8.80. The lowest BCUT2D eigenvalue weighted by Crippen LogP contribution is -2.58. The second kappa shape index (κ2) is 6.41. The minimum Gasteiger partial charge on any atom is -0.346 e. The number of carbonyl (C=O) groups is 3. The van der Waals surface area contributed by atoms with Crippen molar-refractivity contribution in [2.75, 3.05) is 0 Å². The fourth-order valence-corrected chi connectivity index (χ4v) is 4.34. The number of urea groups is 1. The van der Waals surface area contributed by atoms with Gasteiger partial charge in [-0.3, -0.25) is 19.8 Å². The Labute approximate surface area is 153 Å². The molecule has 0 aromatic carbocycles. The van der Waals surface area contributed by atoms with Gasteiger partial charge < -0.3 is 4.57 Å². The molecule has 2 aliphatic carbocycles. The van der Waals surface area contributed by atoms with Crippen molar-refractivity contribution in [1.82, 2.24) is 14.8 Å². The van der Waals surface area contributed by atoms with Gasteiger partial charge in [0.15, 0.2) is 0 Å². The van der Waals surface area contributed by atoms with Crippen molar-refractivity contribution in [2.24, 2.45) is 0 Å². The fraction of sp³-hybridized carbons (Fsp3) is 0.550. The molecule has 0 unspecified atom stereocenters. The zero-order chi connectivity index (χ0) is 18.4. The highest BCUT2D eigenvalue weighted by Gasteiger charge is 2.40. The van der Waals surface area contributed by atoms with Crippen LogP contribution in [-0.2, 0) is 9.59 Å². The van der Waals surface area contributed by atoms with Crippen molar-refractivity contribution in [3.8, 4) is 0 Å². The Kier molecular flexibility index (Phi) is 4.21. The first-order chi connectivity index (χ1) is 12.5. The molecular formula is C20H25N3O3. The SMILES string of the molecule is Cc1cc(/C=C2\C(=O)NC(=O)N(C3CCCCC3)C2=O)c(C)n1C1CC1. The molecule has 0 radical (unpaired) electrons. The van der Waals surface area contributed by atoms with Gasteiger partial charge in [-0.15, -0.1) is 0 Å². The van der Waals surface area contributed by atoms with Crippen molar-refractivity contribution >= 4 is 23.9 Å². The van der Waals surface area contributed by atoms with Crippen LogP contribution in [0.25, 0.3) is 6.08 Å². The van der Waals surface area contributed by atoms with Crippen LogP contribution in [0, 0.1) is 13.8 Å². The van der Waals surface area contributed by atoms with E-state index in [9.17, 15) is 14.4 Å². The summed E-state index contributed by atoms with van der Waals surface area (Å²) in [5, 5.41) is 2.36. The topological polar surface area (TPSA) is 71.4 Å². The van der Waals surface area contributed by atoms with Gasteiger partial charge in [0.05, 0.1) is 0 Å². The maximum absolute atomic E-state index is 13.0. The molecule has 26 heavy (non-hydrogen) atoms. The van der Waals surface area contributed by atoms with Gasteiger partial charge in [-0.05, 0) is 57.2 Å². The first-order valence-electron chi connectivity index (χ1n) is 9.56. The predicted octanol–water partition coefficient (Wildman–Crippen LogP) is 3.23. The second-order valence-corrected chi connectivity index (χ2v) is 7.71. The molecule has 2 heterocycles. The normalized spacial score (nSPS) is 23.7. The highest BCUT2D eigenvalue weighted by molar-refractivity contribution is 6.31. The fourth-order valence-electron chi connectivity index (χ4n) is 4.34. The van der Waals surface area contributed by atoms with Gasteiger partial charge in [-0.25, -0.2) is 4.79 Å². The molecule has 0 bridgehead atoms. The summed E-state index contributed by atoms with van der Waals surface area (Å²) < 4.78 is 2.28. The molecule has 1 aliphatic heterocycles. The molecule has 0 spiro atoms. The van der Waals surface area contributed by atoms with E-state index < -0.39 is 17.8 Å². The monoisotopic (exact) mass is 355 g/mol. The molecule has 1 aromatic heterocycles. The molecule has 138 valence electrons. The summed E-state index contributed by atoms with van der Waals surface area (Å²) in [6, 6.07) is 1.88. The van der Waals surface area contributed by atoms with Crippen LogP contribution in [-0.4, -0.2) is 33.4 Å². The van der Waals surface area contributed by atoms with Crippen molar-refractivity contribution in [3.63, 3.8) is 0 Å². The average molecular weight is 355 g/mol. The third-order valence-corrected chi connectivity index (χ3v) is 5.81. The molecule has 6 heteroatoms. The van der Waals surface area contributed by atoms with Crippen LogP contribution in [0.2, 0.25) is 0 Å². The van der Waals surface area contributed by atoms with E-state index in [0.29, 0.717) is 6.04 Å². The van der Waals surface area contributed by atoms with Gasteiger partial charge in [-0.1, -0.05) is 19.3 Å². The number of aryl methyl sites for hydroxylation is 1. The molecule has 4 amide bonds. The van der Waals surface area contributed by atoms with Gasteiger partial charge in [0, 0.05) is 23.5 Å². The summed E-state index contributed by atoms with van der Waals surface area (Å²) >= 11 is 0. The van der Waals surface area contributed by atoms with E-state index in [1.807, 2.05) is 19.9 Å². The molecule has 1 saturated heterocycles. The standard InChI is InChI=1S/C20H25N3O3/c1-12-10-14(13(2)22(12)16-8-9-16)11-17-18(24)21-20(26)23(19(17)25)15-6-4-3-5-7-15/h10-11,15-16H,3-9H2,1-2H3,(H,21,24,26)/b17-11+. The summed E-state index contributed by atoms with van der Waals surface area (Å²) in [5.74, 6) is -1.05. The molecular weight excluding hydrogens is 330 g/mol. The molecule has 1 aromatic rings. The zero-order valence-corrected chi connectivity index (χ0v) is 15.4. The number of aromatic nitrogens is 1. The number of barbiturate groups is 1. The molecule has 2 saturated carbocycles. The summed E-state index contributed by atoms with van der Waals surface area (Å²) in [5.41, 5.74) is 3.15. The Morgan fingerprint density at radius 3 is 2.35 bits per heavy atom. The maximum Gasteiger partial charge on any atom is 0.331 e. The van der Waals surface area contributed by atoms with Crippen LogP contribution in [0.4, 0.5) is 4.79 Å². The highest BCUT2D eigenvalue weighted by atomic mass is 16.2. The van der Waals surface area contributed by atoms with E-state index in [1.54, 1.807) is 6.08 Å². The highest BCUT2D eigenvalue weighted by Crippen LogP contribution is 2.39. The lowest BCUT2D eigenvalue weighted by molar-refractivity contribution is -0.132. The van der Waals surface area contributed by atoms with Crippen molar-refractivity contribution in [3.05, 3.63) is 28.6 Å². The van der Waals surface area contributed by atoms with Gasteiger partial charge in [0.25, 0.3) is 11.8 Å². The number of rotatable bonds is 3. The van der Waals surface area contributed by atoms with Gasteiger partial charge in [0.1, 0.15) is 5.57 Å². The zero-order valence-electron chi connectivity index (χ0n) is 15.4. The third kappa shape index (κ3) is 2.87. The Bertz CT molecular complexity index is 811. The van der Waals surface area contributed by atoms with Gasteiger partial charge in [0.2, 0.25) is 0 Å². The number of carbonyl (C=O) groups excluding carboxylic acids is 3. The lowest BCUT2D eigenvalue weighted by atomic mass is 9.93. The quantitative estimate of drug-likeness (QED) is 0.668. The van der Waals surface area contributed by atoms with Gasteiger partial charge >= 0.3 is 6.03 Å². The Morgan fingerprint density at radius 2 is 1.69 bits per heavy atom.